The van der Waals surface area contributed by atoms with Crippen LogP contribution >= 0.6 is 0 Å². The second-order valence-electron chi connectivity index (χ2n) is 5.34. The summed E-state index contributed by atoms with van der Waals surface area (Å²) in [6.07, 6.45) is 2.80. The first-order valence-corrected chi connectivity index (χ1v) is 7.68. The number of benzene rings is 1. The Hall–Kier alpha value is -2.54. The molecule has 3 N–H and O–H groups in total. The Morgan fingerprint density at radius 2 is 1.83 bits per heavy atom. The Bertz CT molecular complexity index is 549. The number of carbonyl (C=O) groups is 2. The molecular formula is C17H24N2O5. The van der Waals surface area contributed by atoms with Crippen LogP contribution in [0.15, 0.2) is 30.3 Å². The largest absolute Gasteiger partial charge is 0.491 e. The minimum atomic E-state index is -0.947. The van der Waals surface area contributed by atoms with Crippen LogP contribution in [0, 0.1) is 0 Å². The Morgan fingerprint density at radius 1 is 1.25 bits per heavy atom. The number of aliphatic carboxylic acids is 1. The molecular weight excluding hydrogens is 312 g/mol. The van der Waals surface area contributed by atoms with Gasteiger partial charge in [0.15, 0.2) is 0 Å². The van der Waals surface area contributed by atoms with Crippen molar-refractivity contribution in [1.82, 2.24) is 4.90 Å². The molecule has 7 heteroatoms. The fourth-order valence-corrected chi connectivity index (χ4v) is 1.88. The number of carbonyl (C=O) groups excluding carboxylic acids is 1. The lowest BCUT2D eigenvalue weighted by Crippen LogP contribution is -2.43. The number of morpholine rings is 1. The third-order valence-corrected chi connectivity index (χ3v) is 2.99. The Labute approximate surface area is 141 Å². The van der Waals surface area contributed by atoms with Gasteiger partial charge >= 0.3 is 12.0 Å². The number of ether oxygens (including phenoxy) is 2. The summed E-state index contributed by atoms with van der Waals surface area (Å²) < 4.78 is 10.5. The van der Waals surface area contributed by atoms with Crippen molar-refractivity contribution in [1.29, 1.82) is 0 Å². The van der Waals surface area contributed by atoms with Gasteiger partial charge in [0, 0.05) is 19.2 Å². The Kier molecular flexibility index (Phi) is 8.35. The van der Waals surface area contributed by atoms with Crippen LogP contribution in [0.3, 0.4) is 0 Å². The van der Waals surface area contributed by atoms with Gasteiger partial charge in [-0.3, -0.25) is 0 Å². The molecule has 24 heavy (non-hydrogen) atoms. The zero-order valence-electron chi connectivity index (χ0n) is 14.0. The Morgan fingerprint density at radius 3 is 2.25 bits per heavy atom. The number of nitrogens with zero attached hydrogens (tertiary/aromatic N) is 1. The van der Waals surface area contributed by atoms with Crippen LogP contribution < -0.4 is 10.5 Å². The Balaban J connectivity index is 0.000000272. The number of nitrogens with two attached hydrogens (primary N) is 1. The van der Waals surface area contributed by atoms with Crippen molar-refractivity contribution in [2.45, 2.75) is 20.0 Å². The minimum Gasteiger partial charge on any atom is -0.491 e. The van der Waals surface area contributed by atoms with E-state index in [0.29, 0.717) is 26.3 Å². The molecule has 1 fully saturated rings. The summed E-state index contributed by atoms with van der Waals surface area (Å²) in [5, 5.41) is 8.44. The van der Waals surface area contributed by atoms with Gasteiger partial charge < -0.3 is 25.2 Å². The number of urea groups is 1. The lowest BCUT2D eigenvalue weighted by Gasteiger charge is -2.24. The molecule has 1 aliphatic rings. The maximum atomic E-state index is 10.4. The van der Waals surface area contributed by atoms with E-state index in [0.717, 1.165) is 17.4 Å². The van der Waals surface area contributed by atoms with Gasteiger partial charge in [0.1, 0.15) is 5.75 Å². The number of rotatable bonds is 4. The fourth-order valence-electron chi connectivity index (χ4n) is 1.88. The minimum absolute atomic E-state index is 0.144. The average molecular weight is 336 g/mol. The van der Waals surface area contributed by atoms with Crippen LogP contribution in [0.1, 0.15) is 19.4 Å². The molecule has 0 aromatic heterocycles. The summed E-state index contributed by atoms with van der Waals surface area (Å²) in [5.41, 5.74) is 5.84. The number of carboxylic acids is 1. The van der Waals surface area contributed by atoms with E-state index in [-0.39, 0.29) is 12.1 Å². The third kappa shape index (κ3) is 8.19. The number of amides is 2. The van der Waals surface area contributed by atoms with E-state index in [1.54, 1.807) is 11.0 Å². The van der Waals surface area contributed by atoms with Crippen LogP contribution in [0.4, 0.5) is 4.79 Å². The molecule has 7 nitrogen and oxygen atoms in total. The molecule has 1 aliphatic heterocycles. The van der Waals surface area contributed by atoms with Crippen molar-refractivity contribution in [2.75, 3.05) is 26.3 Å². The maximum absolute atomic E-state index is 10.4. The number of hydrogen-bond donors (Lipinski definition) is 2. The van der Waals surface area contributed by atoms with E-state index in [1.807, 2.05) is 38.1 Å². The maximum Gasteiger partial charge on any atom is 0.328 e. The highest BCUT2D eigenvalue weighted by molar-refractivity contribution is 5.85. The van der Waals surface area contributed by atoms with E-state index in [4.69, 9.17) is 20.3 Å². The monoisotopic (exact) mass is 336 g/mol. The molecule has 0 aliphatic carbocycles. The SMILES string of the molecule is CC(C)Oc1ccc(/C=C/C(=O)O)cc1.NC(=O)N1CCOCC1. The molecule has 1 heterocycles. The van der Waals surface area contributed by atoms with Gasteiger partial charge in [-0.15, -0.1) is 0 Å². The van der Waals surface area contributed by atoms with Gasteiger partial charge in [-0.1, -0.05) is 12.1 Å². The van der Waals surface area contributed by atoms with Crippen molar-refractivity contribution in [2.24, 2.45) is 5.73 Å². The highest BCUT2D eigenvalue weighted by Crippen LogP contribution is 2.14. The molecule has 0 bridgehead atoms. The van der Waals surface area contributed by atoms with E-state index >= 15 is 0 Å². The highest BCUT2D eigenvalue weighted by atomic mass is 16.5. The standard InChI is InChI=1S/C12H14O3.C5H10N2O2/c1-9(2)15-11-6-3-10(4-7-11)5-8-12(13)14;6-5(8)7-1-3-9-4-2-7/h3-9H,1-2H3,(H,13,14);1-4H2,(H2,6,8)/b8-5+;. The van der Waals surface area contributed by atoms with Crippen molar-refractivity contribution < 1.29 is 24.2 Å². The summed E-state index contributed by atoms with van der Waals surface area (Å²) in [6.45, 7) is 6.41. The molecule has 2 rings (SSSR count). The second-order valence-corrected chi connectivity index (χ2v) is 5.34. The second kappa shape index (κ2) is 10.3. The summed E-state index contributed by atoms with van der Waals surface area (Å²) in [7, 11) is 0. The molecule has 0 unspecified atom stereocenters. The van der Waals surface area contributed by atoms with Gasteiger partial charge in [-0.2, -0.15) is 0 Å². The van der Waals surface area contributed by atoms with Crippen LogP contribution in [-0.4, -0.2) is 54.4 Å². The smallest absolute Gasteiger partial charge is 0.328 e. The predicted octanol–water partition coefficient (Wildman–Crippen LogP) is 1.97. The molecule has 0 saturated carbocycles. The van der Waals surface area contributed by atoms with Crippen LogP contribution in [0.2, 0.25) is 0 Å². The van der Waals surface area contributed by atoms with Gasteiger partial charge in [0.05, 0.1) is 19.3 Å². The zero-order chi connectivity index (χ0) is 17.9. The van der Waals surface area contributed by atoms with Gasteiger partial charge in [0.25, 0.3) is 0 Å². The van der Waals surface area contributed by atoms with Crippen LogP contribution in [0.25, 0.3) is 6.08 Å². The molecule has 1 aromatic carbocycles. The average Bonchev–Trinajstić information content (AvgIpc) is 2.55. The van der Waals surface area contributed by atoms with Crippen LogP contribution in [0.5, 0.6) is 5.75 Å². The lowest BCUT2D eigenvalue weighted by atomic mass is 10.2. The molecule has 0 spiro atoms. The van der Waals surface area contributed by atoms with E-state index in [2.05, 4.69) is 0 Å². The molecule has 1 aromatic rings. The topological polar surface area (TPSA) is 102 Å². The first-order valence-electron chi connectivity index (χ1n) is 7.68. The first kappa shape index (κ1) is 19.5. The third-order valence-electron chi connectivity index (χ3n) is 2.99. The molecule has 132 valence electrons. The van der Waals surface area contributed by atoms with Gasteiger partial charge in [0.2, 0.25) is 0 Å². The number of hydrogen-bond acceptors (Lipinski definition) is 4. The first-order chi connectivity index (χ1) is 11.4. The van der Waals surface area contributed by atoms with E-state index in [9.17, 15) is 9.59 Å². The molecule has 0 radical (unpaired) electrons. The fraction of sp³-hybridized carbons (Fsp3) is 0.412. The summed E-state index contributed by atoms with van der Waals surface area (Å²) >= 11 is 0. The van der Waals surface area contributed by atoms with Crippen molar-refractivity contribution in [3.63, 3.8) is 0 Å². The molecule has 1 saturated heterocycles. The highest BCUT2D eigenvalue weighted by Gasteiger charge is 2.12. The summed E-state index contributed by atoms with van der Waals surface area (Å²) in [6, 6.07) is 6.93. The van der Waals surface area contributed by atoms with Crippen molar-refractivity contribution in [3.8, 4) is 5.75 Å². The normalized spacial score (nSPS) is 14.2. The number of primary amides is 1. The van der Waals surface area contributed by atoms with Crippen molar-refractivity contribution in [3.05, 3.63) is 35.9 Å². The van der Waals surface area contributed by atoms with Gasteiger partial charge in [-0.25, -0.2) is 9.59 Å². The summed E-state index contributed by atoms with van der Waals surface area (Å²) in [4.78, 5) is 22.3. The predicted molar refractivity (Wildman–Crippen MR) is 90.9 cm³/mol. The number of carboxylic acid groups (broad SMARTS) is 1. The molecule has 2 amide bonds. The van der Waals surface area contributed by atoms with Crippen molar-refractivity contribution >= 4 is 18.1 Å². The van der Waals surface area contributed by atoms with Gasteiger partial charge in [-0.05, 0) is 37.6 Å². The van der Waals surface area contributed by atoms with Crippen LogP contribution in [-0.2, 0) is 9.53 Å². The lowest BCUT2D eigenvalue weighted by molar-refractivity contribution is -0.131. The van der Waals surface area contributed by atoms with E-state index in [1.165, 1.54) is 0 Å². The quantitative estimate of drug-likeness (QED) is 0.819. The van der Waals surface area contributed by atoms with E-state index < -0.39 is 5.97 Å². The molecule has 0 atom stereocenters. The summed E-state index contributed by atoms with van der Waals surface area (Å²) in [5.74, 6) is -0.157. The zero-order valence-corrected chi connectivity index (χ0v) is 14.0.